The monoisotopic (exact) mass is 362 g/mol. The highest BCUT2D eigenvalue weighted by Crippen LogP contribution is 2.38. The van der Waals surface area contributed by atoms with Gasteiger partial charge in [0.05, 0.1) is 4.92 Å². The Morgan fingerprint density at radius 3 is 2.62 bits per heavy atom. The molecule has 1 atom stereocenters. The molecule has 0 amide bonds. The number of piperidine rings is 2. The molecule has 0 radical (unpaired) electrons. The van der Waals surface area contributed by atoms with Crippen molar-refractivity contribution in [3.05, 3.63) is 16.4 Å². The van der Waals surface area contributed by atoms with Crippen molar-refractivity contribution in [2.75, 3.05) is 43.5 Å². The Morgan fingerprint density at radius 1 is 1.23 bits per heavy atom. The first-order chi connectivity index (χ1) is 12.5. The van der Waals surface area contributed by atoms with Gasteiger partial charge in [0.2, 0.25) is 11.6 Å². The normalized spacial score (nSPS) is 22.4. The van der Waals surface area contributed by atoms with E-state index < -0.39 is 0 Å². The van der Waals surface area contributed by atoms with Crippen LogP contribution in [-0.2, 0) is 0 Å². The summed E-state index contributed by atoms with van der Waals surface area (Å²) in [6.45, 7) is 4.98. The SMILES string of the molecule is CCC1CCCCN1c1ncnc(N(C)C2CCN(C)CC2)c1[N+](=O)[O-]. The summed E-state index contributed by atoms with van der Waals surface area (Å²) in [4.78, 5) is 26.8. The largest absolute Gasteiger partial charge is 0.353 e. The molecule has 2 aliphatic heterocycles. The maximum Gasteiger partial charge on any atom is 0.353 e. The van der Waals surface area contributed by atoms with E-state index in [9.17, 15) is 10.1 Å². The van der Waals surface area contributed by atoms with Crippen LogP contribution in [0.2, 0.25) is 0 Å². The summed E-state index contributed by atoms with van der Waals surface area (Å²) in [6.07, 6.45) is 7.74. The minimum atomic E-state index is -0.294. The molecule has 2 saturated heterocycles. The maximum atomic E-state index is 12.0. The van der Waals surface area contributed by atoms with E-state index in [0.29, 0.717) is 17.7 Å². The molecule has 2 aliphatic rings. The van der Waals surface area contributed by atoms with Gasteiger partial charge in [-0.05, 0) is 58.7 Å². The second kappa shape index (κ2) is 8.16. The number of likely N-dealkylation sites (tertiary alicyclic amines) is 1. The molecule has 8 nitrogen and oxygen atoms in total. The van der Waals surface area contributed by atoms with Gasteiger partial charge in [0, 0.05) is 25.7 Å². The second-order valence-electron chi connectivity index (χ2n) is 7.52. The molecular weight excluding hydrogens is 332 g/mol. The molecule has 0 aromatic carbocycles. The molecule has 144 valence electrons. The zero-order valence-electron chi connectivity index (χ0n) is 16.1. The first-order valence-electron chi connectivity index (χ1n) is 9.70. The molecule has 1 aromatic rings. The van der Waals surface area contributed by atoms with Crippen molar-refractivity contribution < 1.29 is 4.92 Å². The summed E-state index contributed by atoms with van der Waals surface area (Å²) < 4.78 is 0. The number of nitrogens with zero attached hydrogens (tertiary/aromatic N) is 6. The Bertz CT molecular complexity index is 632. The average molecular weight is 362 g/mol. The number of anilines is 2. The van der Waals surface area contributed by atoms with Crippen molar-refractivity contribution in [2.24, 2.45) is 0 Å². The van der Waals surface area contributed by atoms with Crippen molar-refractivity contribution >= 4 is 17.3 Å². The highest BCUT2D eigenvalue weighted by molar-refractivity contribution is 5.71. The van der Waals surface area contributed by atoms with E-state index >= 15 is 0 Å². The van der Waals surface area contributed by atoms with E-state index in [4.69, 9.17) is 0 Å². The smallest absolute Gasteiger partial charge is 0.351 e. The topological polar surface area (TPSA) is 78.6 Å². The molecule has 0 N–H and O–H groups in total. The van der Waals surface area contributed by atoms with Crippen molar-refractivity contribution in [1.82, 2.24) is 14.9 Å². The lowest BCUT2D eigenvalue weighted by Gasteiger charge is -2.37. The molecule has 26 heavy (non-hydrogen) atoms. The van der Waals surface area contributed by atoms with Crippen molar-refractivity contribution in [1.29, 1.82) is 0 Å². The fraction of sp³-hybridized carbons (Fsp3) is 0.778. The fourth-order valence-electron chi connectivity index (χ4n) is 4.25. The number of hydrogen-bond acceptors (Lipinski definition) is 7. The molecule has 0 bridgehead atoms. The summed E-state index contributed by atoms with van der Waals surface area (Å²) in [6, 6.07) is 0.592. The summed E-state index contributed by atoms with van der Waals surface area (Å²) >= 11 is 0. The Hall–Kier alpha value is -1.96. The molecule has 1 unspecified atom stereocenters. The third kappa shape index (κ3) is 3.75. The third-order valence-electron chi connectivity index (χ3n) is 5.91. The number of aromatic nitrogens is 2. The van der Waals surface area contributed by atoms with Crippen LogP contribution in [0, 0.1) is 10.1 Å². The van der Waals surface area contributed by atoms with E-state index in [1.54, 1.807) is 0 Å². The van der Waals surface area contributed by atoms with Gasteiger partial charge >= 0.3 is 5.69 Å². The predicted molar refractivity (Wildman–Crippen MR) is 103 cm³/mol. The predicted octanol–water partition coefficient (Wildman–Crippen LogP) is 2.68. The first kappa shape index (κ1) is 18.8. The lowest BCUT2D eigenvalue weighted by atomic mass is 10.00. The first-order valence-corrected chi connectivity index (χ1v) is 9.70. The highest BCUT2D eigenvalue weighted by atomic mass is 16.6. The molecule has 8 heteroatoms. The Kier molecular flexibility index (Phi) is 5.90. The van der Waals surface area contributed by atoms with Gasteiger partial charge in [-0.15, -0.1) is 0 Å². The van der Waals surface area contributed by atoms with Crippen LogP contribution in [0.15, 0.2) is 6.33 Å². The number of nitro groups is 1. The van der Waals surface area contributed by atoms with Crippen LogP contribution in [0.4, 0.5) is 17.3 Å². The average Bonchev–Trinajstić information content (AvgIpc) is 2.67. The highest BCUT2D eigenvalue weighted by Gasteiger charge is 2.34. The fourth-order valence-corrected chi connectivity index (χ4v) is 4.25. The van der Waals surface area contributed by atoms with Crippen LogP contribution >= 0.6 is 0 Å². The van der Waals surface area contributed by atoms with Crippen LogP contribution in [0.1, 0.15) is 45.4 Å². The minimum Gasteiger partial charge on any atom is -0.351 e. The molecule has 1 aromatic heterocycles. The molecule has 3 rings (SSSR count). The van der Waals surface area contributed by atoms with Crippen LogP contribution in [0.3, 0.4) is 0 Å². The summed E-state index contributed by atoms with van der Waals surface area (Å²) in [5, 5.41) is 12.0. The standard InChI is InChI=1S/C18H30N6O2/c1-4-14-7-5-6-10-23(14)18-16(24(25)26)17(19-13-20-18)22(3)15-8-11-21(2)12-9-15/h13-15H,4-12H2,1-3H3. The van der Waals surface area contributed by atoms with Crippen LogP contribution in [0.25, 0.3) is 0 Å². The number of rotatable bonds is 5. The lowest BCUT2D eigenvalue weighted by Crippen LogP contribution is -2.43. The van der Waals surface area contributed by atoms with Gasteiger partial charge in [-0.25, -0.2) is 9.97 Å². The van der Waals surface area contributed by atoms with E-state index in [0.717, 1.165) is 51.7 Å². The van der Waals surface area contributed by atoms with Crippen LogP contribution in [0.5, 0.6) is 0 Å². The van der Waals surface area contributed by atoms with E-state index in [-0.39, 0.29) is 16.7 Å². The third-order valence-corrected chi connectivity index (χ3v) is 5.91. The number of hydrogen-bond donors (Lipinski definition) is 0. The maximum absolute atomic E-state index is 12.0. The van der Waals surface area contributed by atoms with Gasteiger partial charge in [-0.1, -0.05) is 6.92 Å². The molecule has 2 fully saturated rings. The van der Waals surface area contributed by atoms with E-state index in [1.807, 2.05) is 11.9 Å². The van der Waals surface area contributed by atoms with E-state index in [2.05, 4.69) is 33.7 Å². The lowest BCUT2D eigenvalue weighted by molar-refractivity contribution is -0.383. The van der Waals surface area contributed by atoms with Gasteiger partial charge in [0.15, 0.2) is 0 Å². The molecule has 0 spiro atoms. The minimum absolute atomic E-state index is 0.0641. The zero-order valence-corrected chi connectivity index (χ0v) is 16.1. The quantitative estimate of drug-likeness (QED) is 0.588. The molecule has 3 heterocycles. The van der Waals surface area contributed by atoms with Crippen molar-refractivity contribution in [3.8, 4) is 0 Å². The van der Waals surface area contributed by atoms with E-state index in [1.165, 1.54) is 12.7 Å². The summed E-state index contributed by atoms with van der Waals surface area (Å²) in [5.41, 5.74) is 0.0641. The van der Waals surface area contributed by atoms with Gasteiger partial charge in [0.25, 0.3) is 0 Å². The second-order valence-corrected chi connectivity index (χ2v) is 7.52. The van der Waals surface area contributed by atoms with Crippen molar-refractivity contribution in [2.45, 2.75) is 57.5 Å². The Labute approximate surface area is 155 Å². The van der Waals surface area contributed by atoms with Gasteiger partial charge in [0.1, 0.15) is 6.33 Å². The molecule has 0 aliphatic carbocycles. The molecule has 0 saturated carbocycles. The van der Waals surface area contributed by atoms with Crippen LogP contribution in [-0.4, -0.2) is 65.6 Å². The molecular formula is C18H30N6O2. The zero-order chi connectivity index (χ0) is 18.7. The summed E-state index contributed by atoms with van der Waals surface area (Å²) in [7, 11) is 4.05. The van der Waals surface area contributed by atoms with Gasteiger partial charge in [-0.3, -0.25) is 10.1 Å². The van der Waals surface area contributed by atoms with Gasteiger partial charge in [-0.2, -0.15) is 0 Å². The Balaban J connectivity index is 1.94. The van der Waals surface area contributed by atoms with Crippen molar-refractivity contribution in [3.63, 3.8) is 0 Å². The van der Waals surface area contributed by atoms with Gasteiger partial charge < -0.3 is 14.7 Å². The van der Waals surface area contributed by atoms with Crippen LogP contribution < -0.4 is 9.80 Å². The summed E-state index contributed by atoms with van der Waals surface area (Å²) in [5.74, 6) is 0.946. The Morgan fingerprint density at radius 2 is 1.96 bits per heavy atom.